The van der Waals surface area contributed by atoms with Crippen LogP contribution in [-0.2, 0) is 10.0 Å². The van der Waals surface area contributed by atoms with E-state index in [9.17, 15) is 8.42 Å². The molecule has 0 aliphatic carbocycles. The molecule has 2 aliphatic rings. The first kappa shape index (κ1) is 14.6. The highest BCUT2D eigenvalue weighted by molar-refractivity contribution is 8.00. The molecule has 0 bridgehead atoms. The molecular formula is C12H24N2O2S2. The van der Waals surface area contributed by atoms with E-state index in [0.29, 0.717) is 35.3 Å². The number of sulfonamides is 1. The molecule has 0 amide bonds. The second kappa shape index (κ2) is 6.11. The lowest BCUT2D eigenvalue weighted by Crippen LogP contribution is -2.46. The van der Waals surface area contributed by atoms with Crippen molar-refractivity contribution in [3.63, 3.8) is 0 Å². The number of piperidine rings is 1. The Bertz CT molecular complexity index is 356. The molecule has 6 heteroatoms. The second-order valence-electron chi connectivity index (χ2n) is 5.55. The van der Waals surface area contributed by atoms with Crippen LogP contribution in [0.5, 0.6) is 0 Å². The fraction of sp³-hybridized carbons (Fsp3) is 1.00. The zero-order valence-electron chi connectivity index (χ0n) is 11.3. The zero-order valence-corrected chi connectivity index (χ0v) is 12.9. The molecule has 0 aromatic rings. The molecule has 2 rings (SSSR count). The molecule has 2 atom stereocenters. The second-order valence-corrected chi connectivity index (χ2v) is 9.44. The molecule has 2 unspecified atom stereocenters. The first-order chi connectivity index (χ1) is 8.47. The van der Waals surface area contributed by atoms with E-state index in [1.165, 1.54) is 0 Å². The van der Waals surface area contributed by atoms with Crippen molar-refractivity contribution in [2.75, 3.05) is 31.9 Å². The zero-order chi connectivity index (χ0) is 13.2. The van der Waals surface area contributed by atoms with Gasteiger partial charge in [-0.3, -0.25) is 0 Å². The third kappa shape index (κ3) is 3.85. The summed E-state index contributed by atoms with van der Waals surface area (Å²) in [4.78, 5) is 0. The topological polar surface area (TPSA) is 49.4 Å². The molecule has 0 aromatic heterocycles. The van der Waals surface area contributed by atoms with Crippen molar-refractivity contribution in [2.45, 2.75) is 37.2 Å². The number of rotatable bonds is 3. The summed E-state index contributed by atoms with van der Waals surface area (Å²) in [6, 6.07) is 0. The van der Waals surface area contributed by atoms with Crippen LogP contribution >= 0.6 is 11.8 Å². The Balaban J connectivity index is 1.96. The van der Waals surface area contributed by atoms with Crippen molar-refractivity contribution >= 4 is 21.8 Å². The first-order valence-corrected chi connectivity index (χ1v) is 9.36. The minimum atomic E-state index is -3.06. The van der Waals surface area contributed by atoms with Gasteiger partial charge in [-0.15, -0.1) is 0 Å². The van der Waals surface area contributed by atoms with Gasteiger partial charge in [-0.1, -0.05) is 13.8 Å². The molecule has 4 nitrogen and oxygen atoms in total. The molecule has 2 aliphatic heterocycles. The van der Waals surface area contributed by atoms with Crippen LogP contribution in [0.2, 0.25) is 0 Å². The number of hydrogen-bond donors (Lipinski definition) is 1. The van der Waals surface area contributed by atoms with E-state index in [0.717, 1.165) is 25.9 Å². The van der Waals surface area contributed by atoms with Gasteiger partial charge in [0.05, 0.1) is 5.75 Å². The van der Waals surface area contributed by atoms with Gasteiger partial charge in [0.1, 0.15) is 0 Å². The Morgan fingerprint density at radius 1 is 1.17 bits per heavy atom. The normalized spacial score (nSPS) is 32.6. The monoisotopic (exact) mass is 292 g/mol. The minimum Gasteiger partial charge on any atom is -0.317 e. The third-order valence-corrected chi connectivity index (χ3v) is 6.89. The van der Waals surface area contributed by atoms with E-state index in [4.69, 9.17) is 0 Å². The maximum absolute atomic E-state index is 12.4. The lowest BCUT2D eigenvalue weighted by atomic mass is 10.0. The Labute approximate surface area is 115 Å². The predicted molar refractivity (Wildman–Crippen MR) is 77.5 cm³/mol. The van der Waals surface area contributed by atoms with Crippen LogP contribution in [0.1, 0.15) is 26.7 Å². The van der Waals surface area contributed by atoms with Gasteiger partial charge >= 0.3 is 0 Å². The van der Waals surface area contributed by atoms with E-state index < -0.39 is 10.0 Å². The Morgan fingerprint density at radius 2 is 1.72 bits per heavy atom. The van der Waals surface area contributed by atoms with E-state index in [-0.39, 0.29) is 0 Å². The molecule has 106 valence electrons. The summed E-state index contributed by atoms with van der Waals surface area (Å²) in [5, 5.41) is 4.11. The fourth-order valence-electron chi connectivity index (χ4n) is 2.81. The molecule has 0 spiro atoms. The highest BCUT2D eigenvalue weighted by atomic mass is 32.2. The number of hydrogen-bond acceptors (Lipinski definition) is 4. The van der Waals surface area contributed by atoms with Gasteiger partial charge in [-0.25, -0.2) is 8.42 Å². The van der Waals surface area contributed by atoms with Crippen molar-refractivity contribution in [1.82, 2.24) is 9.62 Å². The summed E-state index contributed by atoms with van der Waals surface area (Å²) < 4.78 is 26.6. The molecule has 2 fully saturated rings. The van der Waals surface area contributed by atoms with Crippen LogP contribution in [0.15, 0.2) is 0 Å². The highest BCUT2D eigenvalue weighted by Crippen LogP contribution is 2.27. The van der Waals surface area contributed by atoms with Gasteiger partial charge < -0.3 is 5.32 Å². The summed E-state index contributed by atoms with van der Waals surface area (Å²) >= 11 is 1.89. The van der Waals surface area contributed by atoms with Gasteiger partial charge in [0, 0.05) is 23.6 Å². The Kier molecular flexibility index (Phi) is 4.97. The van der Waals surface area contributed by atoms with Crippen molar-refractivity contribution in [3.05, 3.63) is 0 Å². The molecule has 18 heavy (non-hydrogen) atoms. The quantitative estimate of drug-likeness (QED) is 0.847. The SMILES string of the molecule is CC1CN(S(=O)(=O)CC2CCNCC2)CC(C)S1. The molecule has 2 saturated heterocycles. The van der Waals surface area contributed by atoms with Crippen LogP contribution < -0.4 is 5.32 Å². The lowest BCUT2D eigenvalue weighted by Gasteiger charge is -2.35. The molecule has 2 heterocycles. The Morgan fingerprint density at radius 3 is 2.28 bits per heavy atom. The van der Waals surface area contributed by atoms with Crippen LogP contribution in [-0.4, -0.2) is 55.2 Å². The molecular weight excluding hydrogens is 268 g/mol. The van der Waals surface area contributed by atoms with Crippen LogP contribution in [0, 0.1) is 5.92 Å². The van der Waals surface area contributed by atoms with Crippen molar-refractivity contribution in [3.8, 4) is 0 Å². The number of nitrogens with zero attached hydrogens (tertiary/aromatic N) is 1. The largest absolute Gasteiger partial charge is 0.317 e. The van der Waals surface area contributed by atoms with Gasteiger partial charge in [0.2, 0.25) is 10.0 Å². The fourth-order valence-corrected chi connectivity index (χ4v) is 6.36. The maximum atomic E-state index is 12.4. The van der Waals surface area contributed by atoms with Crippen LogP contribution in [0.4, 0.5) is 0 Å². The van der Waals surface area contributed by atoms with E-state index >= 15 is 0 Å². The third-order valence-electron chi connectivity index (χ3n) is 3.68. The molecule has 0 radical (unpaired) electrons. The van der Waals surface area contributed by atoms with Crippen LogP contribution in [0.3, 0.4) is 0 Å². The van der Waals surface area contributed by atoms with Crippen LogP contribution in [0.25, 0.3) is 0 Å². The van der Waals surface area contributed by atoms with Gasteiger partial charge in [0.15, 0.2) is 0 Å². The van der Waals surface area contributed by atoms with E-state index in [2.05, 4.69) is 19.2 Å². The maximum Gasteiger partial charge on any atom is 0.214 e. The lowest BCUT2D eigenvalue weighted by molar-refractivity contribution is 0.372. The smallest absolute Gasteiger partial charge is 0.214 e. The summed E-state index contributed by atoms with van der Waals surface area (Å²) in [6.07, 6.45) is 1.99. The summed E-state index contributed by atoms with van der Waals surface area (Å²) in [5.41, 5.74) is 0. The minimum absolute atomic E-state index is 0.344. The summed E-state index contributed by atoms with van der Waals surface area (Å²) in [7, 11) is -3.06. The summed E-state index contributed by atoms with van der Waals surface area (Å²) in [5.74, 6) is 0.690. The molecule has 1 N–H and O–H groups in total. The average Bonchev–Trinajstić information content (AvgIpc) is 2.28. The highest BCUT2D eigenvalue weighted by Gasteiger charge is 2.32. The number of nitrogens with one attached hydrogen (secondary N) is 1. The van der Waals surface area contributed by atoms with Crippen molar-refractivity contribution in [2.24, 2.45) is 5.92 Å². The standard InChI is InChI=1S/C12H24N2O2S2/c1-10-7-14(8-11(2)17-10)18(15,16)9-12-3-5-13-6-4-12/h10-13H,3-9H2,1-2H3. The van der Waals surface area contributed by atoms with E-state index in [1.54, 1.807) is 4.31 Å². The molecule has 0 saturated carbocycles. The van der Waals surface area contributed by atoms with Gasteiger partial charge in [0.25, 0.3) is 0 Å². The van der Waals surface area contributed by atoms with Crippen molar-refractivity contribution < 1.29 is 8.42 Å². The predicted octanol–water partition coefficient (Wildman–Crippen LogP) is 1.14. The van der Waals surface area contributed by atoms with Gasteiger partial charge in [-0.05, 0) is 31.8 Å². The summed E-state index contributed by atoms with van der Waals surface area (Å²) in [6.45, 7) is 7.52. The molecule has 0 aromatic carbocycles. The van der Waals surface area contributed by atoms with E-state index in [1.807, 2.05) is 11.8 Å². The number of thioether (sulfide) groups is 1. The first-order valence-electron chi connectivity index (χ1n) is 6.81. The average molecular weight is 292 g/mol. The Hall–Kier alpha value is 0.220. The van der Waals surface area contributed by atoms with Gasteiger partial charge in [-0.2, -0.15) is 16.1 Å². The van der Waals surface area contributed by atoms with Crippen molar-refractivity contribution in [1.29, 1.82) is 0 Å².